The maximum absolute atomic E-state index is 14.0. The highest BCUT2D eigenvalue weighted by Gasteiger charge is 2.66. The van der Waals surface area contributed by atoms with Gasteiger partial charge in [0.1, 0.15) is 17.8 Å². The van der Waals surface area contributed by atoms with E-state index in [1.807, 2.05) is 20.8 Å². The minimum Gasteiger partial charge on any atom is -0.383 e. The molecule has 0 saturated heterocycles. The standard InChI is InChI=1S/C29H27F4N9/c1-16-20(5-6-23(30)38-16)26(22-14-42(41-40-22)28(7-8-28)29(31,32)33)39-19-9-17(11-34)24-21(10-19)25(18(12-35)13-36-24)37-15-27(2,3)4/h5-6,9-10,13-14,26,39H,7-8,15H2,1-4H3,(H,36,37)/i14D. The van der Waals surface area contributed by atoms with Gasteiger partial charge in [0, 0.05) is 35.1 Å². The Hall–Kier alpha value is -4.78. The number of alkyl halides is 3. The van der Waals surface area contributed by atoms with Crippen LogP contribution in [0.2, 0.25) is 0 Å². The lowest BCUT2D eigenvalue weighted by Gasteiger charge is -2.23. The number of nitriles is 2. The summed E-state index contributed by atoms with van der Waals surface area (Å²) >= 11 is 0. The number of hydrogen-bond acceptors (Lipinski definition) is 8. The third kappa shape index (κ3) is 5.30. The van der Waals surface area contributed by atoms with E-state index in [2.05, 4.69) is 43.1 Å². The summed E-state index contributed by atoms with van der Waals surface area (Å²) in [5, 5.41) is 34.4. The molecule has 3 aromatic heterocycles. The average Bonchev–Trinajstić information content (AvgIpc) is 3.66. The number of benzene rings is 1. The van der Waals surface area contributed by atoms with Gasteiger partial charge in [-0.25, -0.2) is 9.67 Å². The number of hydrogen-bond donors (Lipinski definition) is 2. The fourth-order valence-electron chi connectivity index (χ4n) is 4.70. The second kappa shape index (κ2) is 10.2. The number of aromatic nitrogens is 5. The van der Waals surface area contributed by atoms with E-state index >= 15 is 0 Å². The summed E-state index contributed by atoms with van der Waals surface area (Å²) < 4.78 is 65.0. The first-order valence-electron chi connectivity index (χ1n) is 13.6. The van der Waals surface area contributed by atoms with E-state index in [0.717, 1.165) is 6.07 Å². The number of rotatable bonds is 7. The summed E-state index contributed by atoms with van der Waals surface area (Å²) in [5.74, 6) is -0.758. The third-order valence-corrected chi connectivity index (χ3v) is 7.11. The lowest BCUT2D eigenvalue weighted by molar-refractivity contribution is -0.182. The molecular formula is C29H27F4N9. The van der Waals surface area contributed by atoms with Gasteiger partial charge in [0.2, 0.25) is 5.95 Å². The molecule has 0 radical (unpaired) electrons. The molecule has 1 atom stereocenters. The molecule has 42 heavy (non-hydrogen) atoms. The van der Waals surface area contributed by atoms with Crippen molar-refractivity contribution in [1.82, 2.24) is 25.0 Å². The second-order valence-electron chi connectivity index (χ2n) is 11.5. The summed E-state index contributed by atoms with van der Waals surface area (Å²) in [6.45, 7) is 8.07. The van der Waals surface area contributed by atoms with Crippen molar-refractivity contribution >= 4 is 22.3 Å². The van der Waals surface area contributed by atoms with Crippen LogP contribution in [0, 0.1) is 40.9 Å². The lowest BCUT2D eigenvalue weighted by atomic mass is 9.96. The zero-order chi connectivity index (χ0) is 31.3. The number of nitrogens with zero attached hydrogens (tertiary/aromatic N) is 7. The highest BCUT2D eigenvalue weighted by Crippen LogP contribution is 2.55. The Morgan fingerprint density at radius 1 is 1.14 bits per heavy atom. The van der Waals surface area contributed by atoms with Crippen molar-refractivity contribution in [3.63, 3.8) is 0 Å². The van der Waals surface area contributed by atoms with E-state index < -0.39 is 29.9 Å². The molecule has 1 aliphatic rings. The maximum Gasteiger partial charge on any atom is 0.413 e. The Bertz CT molecular complexity index is 1810. The fourth-order valence-corrected chi connectivity index (χ4v) is 4.70. The van der Waals surface area contributed by atoms with Gasteiger partial charge in [0.05, 0.1) is 35.9 Å². The van der Waals surface area contributed by atoms with Gasteiger partial charge in [-0.05, 0) is 43.4 Å². The normalized spacial score (nSPS) is 15.4. The topological polar surface area (TPSA) is 128 Å². The average molecular weight is 579 g/mol. The van der Waals surface area contributed by atoms with Crippen molar-refractivity contribution < 1.29 is 18.9 Å². The Kier molecular flexibility index (Phi) is 6.68. The molecule has 0 spiro atoms. The highest BCUT2D eigenvalue weighted by molar-refractivity contribution is 5.99. The van der Waals surface area contributed by atoms with Gasteiger partial charge in [-0.2, -0.15) is 28.1 Å². The SMILES string of the molecule is [2H]c1c(C(Nc2cc(C#N)c3ncc(C#N)c(NCC(C)(C)C)c3c2)c2ccc(F)nc2C)nnn1C1(C(F)(F)F)CC1. The van der Waals surface area contributed by atoms with Gasteiger partial charge >= 0.3 is 6.18 Å². The summed E-state index contributed by atoms with van der Waals surface area (Å²) in [6.07, 6.45) is -4.26. The molecule has 1 aliphatic carbocycles. The summed E-state index contributed by atoms with van der Waals surface area (Å²) in [5.41, 5.74) is -0.497. The lowest BCUT2D eigenvalue weighted by Crippen LogP contribution is -2.35. The summed E-state index contributed by atoms with van der Waals surface area (Å²) in [7, 11) is 0. The number of anilines is 2. The Balaban J connectivity index is 1.67. The second-order valence-corrected chi connectivity index (χ2v) is 11.5. The maximum atomic E-state index is 14.0. The predicted octanol–water partition coefficient (Wildman–Crippen LogP) is 6.12. The van der Waals surface area contributed by atoms with Crippen LogP contribution < -0.4 is 10.6 Å². The van der Waals surface area contributed by atoms with Crippen LogP contribution >= 0.6 is 0 Å². The van der Waals surface area contributed by atoms with E-state index in [-0.39, 0.29) is 40.8 Å². The Morgan fingerprint density at radius 3 is 2.45 bits per heavy atom. The van der Waals surface area contributed by atoms with Crippen LogP contribution in [0.1, 0.15) is 69.1 Å². The van der Waals surface area contributed by atoms with Crippen molar-refractivity contribution in [2.24, 2.45) is 5.41 Å². The van der Waals surface area contributed by atoms with E-state index in [9.17, 15) is 28.1 Å². The van der Waals surface area contributed by atoms with Gasteiger partial charge in [-0.3, -0.25) is 4.98 Å². The number of pyridine rings is 2. The van der Waals surface area contributed by atoms with Gasteiger partial charge in [-0.1, -0.05) is 32.1 Å². The first kappa shape index (κ1) is 27.4. The predicted molar refractivity (Wildman–Crippen MR) is 147 cm³/mol. The number of halogens is 4. The first-order valence-corrected chi connectivity index (χ1v) is 13.1. The van der Waals surface area contributed by atoms with Gasteiger partial charge in [0.25, 0.3) is 0 Å². The van der Waals surface area contributed by atoms with Crippen LogP contribution in [0.5, 0.6) is 0 Å². The molecule has 216 valence electrons. The number of fused-ring (bicyclic) bond motifs is 1. The first-order chi connectivity index (χ1) is 20.2. The smallest absolute Gasteiger partial charge is 0.383 e. The van der Waals surface area contributed by atoms with Crippen molar-refractivity contribution in [2.45, 2.75) is 58.3 Å². The summed E-state index contributed by atoms with van der Waals surface area (Å²) in [6, 6.07) is 8.79. The molecule has 13 heteroatoms. The van der Waals surface area contributed by atoms with Crippen molar-refractivity contribution in [3.05, 3.63) is 70.7 Å². The van der Waals surface area contributed by atoms with Crippen LogP contribution in [0.15, 0.2) is 36.6 Å². The van der Waals surface area contributed by atoms with Crippen molar-refractivity contribution in [1.29, 1.82) is 10.5 Å². The van der Waals surface area contributed by atoms with Crippen molar-refractivity contribution in [2.75, 3.05) is 17.2 Å². The fraction of sp³-hybridized carbons (Fsp3) is 0.379. The Morgan fingerprint density at radius 2 is 1.86 bits per heavy atom. The van der Waals surface area contributed by atoms with Crippen LogP contribution in [-0.2, 0) is 5.54 Å². The van der Waals surface area contributed by atoms with Gasteiger partial charge in [0.15, 0.2) is 5.54 Å². The van der Waals surface area contributed by atoms with E-state index in [1.54, 1.807) is 6.07 Å². The molecule has 3 heterocycles. The number of nitrogens with one attached hydrogen (secondary N) is 2. The molecular weight excluding hydrogens is 550 g/mol. The van der Waals surface area contributed by atoms with Gasteiger partial charge < -0.3 is 10.6 Å². The molecule has 1 fully saturated rings. The van der Waals surface area contributed by atoms with Crippen molar-refractivity contribution in [3.8, 4) is 12.1 Å². The molecule has 2 N–H and O–H groups in total. The van der Waals surface area contributed by atoms with E-state index in [4.69, 9.17) is 1.37 Å². The minimum atomic E-state index is -4.63. The molecule has 0 bridgehead atoms. The molecule has 9 nitrogen and oxygen atoms in total. The van der Waals surface area contributed by atoms with Crippen LogP contribution in [-0.4, -0.2) is 37.7 Å². The zero-order valence-corrected chi connectivity index (χ0v) is 23.2. The zero-order valence-electron chi connectivity index (χ0n) is 24.2. The van der Waals surface area contributed by atoms with E-state index in [1.165, 1.54) is 25.3 Å². The molecule has 0 aliphatic heterocycles. The van der Waals surface area contributed by atoms with Gasteiger partial charge in [-0.15, -0.1) is 5.10 Å². The molecule has 5 rings (SSSR count). The third-order valence-electron chi connectivity index (χ3n) is 7.11. The molecule has 1 saturated carbocycles. The van der Waals surface area contributed by atoms with Crippen LogP contribution in [0.25, 0.3) is 10.9 Å². The quantitative estimate of drug-likeness (QED) is 0.198. The minimum absolute atomic E-state index is 0.138. The highest BCUT2D eigenvalue weighted by atomic mass is 19.4. The molecule has 1 aromatic carbocycles. The van der Waals surface area contributed by atoms with Crippen LogP contribution in [0.4, 0.5) is 28.9 Å². The number of aryl methyl sites for hydroxylation is 1. The van der Waals surface area contributed by atoms with Crippen LogP contribution in [0.3, 0.4) is 0 Å². The Labute approximate surface area is 240 Å². The van der Waals surface area contributed by atoms with E-state index in [0.29, 0.717) is 39.1 Å². The summed E-state index contributed by atoms with van der Waals surface area (Å²) in [4.78, 5) is 8.19. The molecule has 1 unspecified atom stereocenters. The largest absolute Gasteiger partial charge is 0.413 e. The molecule has 0 amide bonds. The molecule has 4 aromatic rings. The monoisotopic (exact) mass is 578 g/mol.